The molecule has 2 heterocycles. The molecule has 1 aromatic rings. The lowest BCUT2D eigenvalue weighted by molar-refractivity contribution is 0.320. The quantitative estimate of drug-likeness (QED) is 0.827. The number of rotatable bonds is 2. The van der Waals surface area contributed by atoms with E-state index >= 15 is 0 Å². The van der Waals surface area contributed by atoms with Gasteiger partial charge in [0.2, 0.25) is 0 Å². The van der Waals surface area contributed by atoms with Crippen LogP contribution < -0.4 is 5.73 Å². The first-order valence-electron chi connectivity index (χ1n) is 6.55. The van der Waals surface area contributed by atoms with E-state index in [2.05, 4.69) is 22.7 Å². The van der Waals surface area contributed by atoms with Crippen LogP contribution >= 0.6 is 0 Å². The molecule has 1 aliphatic carbocycles. The molecule has 2 unspecified atom stereocenters. The minimum atomic E-state index is 0.316. The summed E-state index contributed by atoms with van der Waals surface area (Å²) in [6, 6.07) is 0.316. The van der Waals surface area contributed by atoms with Gasteiger partial charge in [-0.2, -0.15) is 0 Å². The number of nitrogens with two attached hydrogens (primary N) is 1. The lowest BCUT2D eigenvalue weighted by Crippen LogP contribution is -2.33. The molecule has 0 spiro atoms. The van der Waals surface area contributed by atoms with Crippen molar-refractivity contribution in [1.29, 1.82) is 0 Å². The van der Waals surface area contributed by atoms with Gasteiger partial charge in [0.25, 0.3) is 0 Å². The Morgan fingerprint density at radius 1 is 1.44 bits per heavy atom. The fourth-order valence-corrected chi connectivity index (χ4v) is 2.95. The fourth-order valence-electron chi connectivity index (χ4n) is 2.95. The van der Waals surface area contributed by atoms with Crippen LogP contribution in [-0.4, -0.2) is 15.6 Å². The van der Waals surface area contributed by atoms with Gasteiger partial charge in [0, 0.05) is 30.4 Å². The second kappa shape index (κ2) is 3.88. The average molecular weight is 219 g/mol. The number of aromatic nitrogens is 2. The Hall–Kier alpha value is -0.830. The van der Waals surface area contributed by atoms with Gasteiger partial charge < -0.3 is 10.3 Å². The molecule has 0 amide bonds. The van der Waals surface area contributed by atoms with Crippen LogP contribution in [0.3, 0.4) is 0 Å². The van der Waals surface area contributed by atoms with E-state index < -0.39 is 0 Å². The number of hydrogen-bond donors (Lipinski definition) is 1. The van der Waals surface area contributed by atoms with Gasteiger partial charge in [-0.15, -0.1) is 0 Å². The summed E-state index contributed by atoms with van der Waals surface area (Å²) in [6.45, 7) is 3.26. The van der Waals surface area contributed by atoms with Gasteiger partial charge in [0.1, 0.15) is 5.82 Å². The molecule has 0 radical (unpaired) electrons. The van der Waals surface area contributed by atoms with Crippen LogP contribution in [0, 0.1) is 5.92 Å². The molecule has 1 aromatic heterocycles. The van der Waals surface area contributed by atoms with Crippen molar-refractivity contribution in [3.63, 3.8) is 0 Å². The largest absolute Gasteiger partial charge is 0.332 e. The van der Waals surface area contributed by atoms with Gasteiger partial charge in [-0.05, 0) is 38.5 Å². The first-order chi connectivity index (χ1) is 7.75. The Bertz CT molecular complexity index is 377. The van der Waals surface area contributed by atoms with Crippen molar-refractivity contribution in [1.82, 2.24) is 9.55 Å². The Morgan fingerprint density at radius 2 is 2.25 bits per heavy atom. The van der Waals surface area contributed by atoms with Gasteiger partial charge in [-0.1, -0.05) is 6.42 Å². The molecule has 3 heteroatoms. The highest BCUT2D eigenvalue weighted by atomic mass is 15.1. The van der Waals surface area contributed by atoms with Gasteiger partial charge >= 0.3 is 0 Å². The molecule has 0 aromatic carbocycles. The zero-order valence-electron chi connectivity index (χ0n) is 10.0. The third-order valence-corrected chi connectivity index (χ3v) is 4.38. The summed E-state index contributed by atoms with van der Waals surface area (Å²) in [5.41, 5.74) is 7.41. The molecule has 1 fully saturated rings. The maximum absolute atomic E-state index is 6.00. The summed E-state index contributed by atoms with van der Waals surface area (Å²) in [5.74, 6) is 2.75. The zero-order chi connectivity index (χ0) is 11.1. The minimum Gasteiger partial charge on any atom is -0.332 e. The predicted molar refractivity (Wildman–Crippen MR) is 64.3 cm³/mol. The van der Waals surface area contributed by atoms with Gasteiger partial charge in [0.05, 0.1) is 0 Å². The number of fused-ring (bicyclic) bond motifs is 1. The molecule has 0 saturated heterocycles. The van der Waals surface area contributed by atoms with Crippen LogP contribution in [0.4, 0.5) is 0 Å². The van der Waals surface area contributed by atoms with Crippen molar-refractivity contribution in [3.8, 4) is 0 Å². The Balaban J connectivity index is 1.82. The molecule has 2 atom stereocenters. The molecule has 1 aliphatic heterocycles. The topological polar surface area (TPSA) is 43.8 Å². The summed E-state index contributed by atoms with van der Waals surface area (Å²) in [6.07, 6.45) is 8.50. The van der Waals surface area contributed by atoms with Crippen molar-refractivity contribution < 1.29 is 0 Å². The normalized spacial score (nSPS) is 27.2. The Kier molecular flexibility index (Phi) is 2.51. The van der Waals surface area contributed by atoms with E-state index in [1.807, 2.05) is 0 Å². The van der Waals surface area contributed by atoms with Crippen molar-refractivity contribution in [2.75, 3.05) is 0 Å². The predicted octanol–water partition coefficient (Wildman–Crippen LogP) is 2.06. The first kappa shape index (κ1) is 10.3. The molecule has 2 N–H and O–H groups in total. The molecule has 3 nitrogen and oxygen atoms in total. The number of hydrogen-bond acceptors (Lipinski definition) is 2. The van der Waals surface area contributed by atoms with E-state index in [4.69, 9.17) is 5.73 Å². The van der Waals surface area contributed by atoms with Gasteiger partial charge in [-0.3, -0.25) is 0 Å². The van der Waals surface area contributed by atoms with Crippen LogP contribution in [0.5, 0.6) is 0 Å². The number of imidazole rings is 1. The van der Waals surface area contributed by atoms with Crippen LogP contribution in [0.1, 0.15) is 50.0 Å². The summed E-state index contributed by atoms with van der Waals surface area (Å²) in [4.78, 5) is 4.64. The van der Waals surface area contributed by atoms with Crippen molar-refractivity contribution in [2.45, 2.75) is 57.5 Å². The van der Waals surface area contributed by atoms with Crippen LogP contribution in [0.2, 0.25) is 0 Å². The van der Waals surface area contributed by atoms with Crippen LogP contribution in [0.15, 0.2) is 6.20 Å². The molecule has 2 aliphatic rings. The third-order valence-electron chi connectivity index (χ3n) is 4.38. The maximum atomic E-state index is 6.00. The molecule has 0 bridgehead atoms. The summed E-state index contributed by atoms with van der Waals surface area (Å²) < 4.78 is 2.46. The van der Waals surface area contributed by atoms with E-state index in [1.165, 1.54) is 37.2 Å². The van der Waals surface area contributed by atoms with E-state index in [0.717, 1.165) is 18.9 Å². The standard InChI is InChI=1S/C13H21N3/c1-9(14)11-5-6-16-12(7-11)8-15-13(16)10-3-2-4-10/h8-11H,2-7,14H2,1H3. The second-order valence-corrected chi connectivity index (χ2v) is 5.50. The maximum Gasteiger partial charge on any atom is 0.111 e. The number of nitrogens with zero attached hydrogens (tertiary/aromatic N) is 2. The van der Waals surface area contributed by atoms with Gasteiger partial charge in [0.15, 0.2) is 0 Å². The highest BCUT2D eigenvalue weighted by Gasteiger charge is 2.29. The summed E-state index contributed by atoms with van der Waals surface area (Å²) >= 11 is 0. The van der Waals surface area contributed by atoms with Crippen LogP contribution in [0.25, 0.3) is 0 Å². The SMILES string of the molecule is CC(N)C1CCn2c(cnc2C2CCC2)C1. The smallest absolute Gasteiger partial charge is 0.111 e. The van der Waals surface area contributed by atoms with E-state index in [9.17, 15) is 0 Å². The third kappa shape index (κ3) is 1.58. The zero-order valence-corrected chi connectivity index (χ0v) is 10.0. The van der Waals surface area contributed by atoms with E-state index in [0.29, 0.717) is 12.0 Å². The Morgan fingerprint density at radius 3 is 2.88 bits per heavy atom. The molecule has 1 saturated carbocycles. The summed E-state index contributed by atoms with van der Waals surface area (Å²) in [5, 5.41) is 0. The second-order valence-electron chi connectivity index (χ2n) is 5.50. The summed E-state index contributed by atoms with van der Waals surface area (Å²) in [7, 11) is 0. The van der Waals surface area contributed by atoms with Crippen molar-refractivity contribution in [3.05, 3.63) is 17.7 Å². The van der Waals surface area contributed by atoms with Crippen LogP contribution in [-0.2, 0) is 13.0 Å². The lowest BCUT2D eigenvalue weighted by atomic mass is 9.84. The van der Waals surface area contributed by atoms with E-state index in [-0.39, 0.29) is 0 Å². The highest BCUT2D eigenvalue weighted by molar-refractivity contribution is 5.14. The minimum absolute atomic E-state index is 0.316. The fraction of sp³-hybridized carbons (Fsp3) is 0.769. The molecule has 88 valence electrons. The average Bonchev–Trinajstić information content (AvgIpc) is 2.59. The lowest BCUT2D eigenvalue weighted by Gasteiger charge is -2.31. The monoisotopic (exact) mass is 219 g/mol. The Labute approximate surface area is 97.0 Å². The molecule has 3 rings (SSSR count). The van der Waals surface area contributed by atoms with E-state index in [1.54, 1.807) is 0 Å². The van der Waals surface area contributed by atoms with Gasteiger partial charge in [-0.25, -0.2) is 4.98 Å². The van der Waals surface area contributed by atoms with Crippen molar-refractivity contribution in [2.24, 2.45) is 11.7 Å². The first-order valence-corrected chi connectivity index (χ1v) is 6.55. The van der Waals surface area contributed by atoms with Crippen molar-refractivity contribution >= 4 is 0 Å². The molecular formula is C13H21N3. The molecule has 16 heavy (non-hydrogen) atoms. The highest BCUT2D eigenvalue weighted by Crippen LogP contribution is 2.37. The molecular weight excluding hydrogens is 198 g/mol.